The van der Waals surface area contributed by atoms with E-state index in [4.69, 9.17) is 5.11 Å². The molecule has 0 aromatic heterocycles. The monoisotopic (exact) mass is 172 g/mol. The minimum Gasteiger partial charge on any atom is -0.481 e. The van der Waals surface area contributed by atoms with Gasteiger partial charge in [-0.25, -0.2) is 0 Å². The van der Waals surface area contributed by atoms with Gasteiger partial charge in [0.1, 0.15) is 0 Å². The summed E-state index contributed by atoms with van der Waals surface area (Å²) in [6.45, 7) is 4.43. The highest BCUT2D eigenvalue weighted by atomic mass is 16.4. The van der Waals surface area contributed by atoms with Crippen molar-refractivity contribution in [3.8, 4) is 0 Å². The standard InChI is InChI=1S/C10H20O2/c1-3-6-9(2)7-4-5-8-10(11)12/h9H,3-8H2,1-2H3,(H,11,12)/t9-/m0/s1. The lowest BCUT2D eigenvalue weighted by Gasteiger charge is -2.08. The quantitative estimate of drug-likeness (QED) is 0.599. The zero-order valence-corrected chi connectivity index (χ0v) is 8.18. The lowest BCUT2D eigenvalue weighted by molar-refractivity contribution is -0.137. The number of hydrogen-bond donors (Lipinski definition) is 1. The molecule has 0 aromatic carbocycles. The predicted octanol–water partition coefficient (Wildman–Crippen LogP) is 3.07. The third-order valence-electron chi connectivity index (χ3n) is 2.12. The highest BCUT2D eigenvalue weighted by molar-refractivity contribution is 5.66. The van der Waals surface area contributed by atoms with E-state index < -0.39 is 5.97 Å². The third-order valence-corrected chi connectivity index (χ3v) is 2.12. The van der Waals surface area contributed by atoms with Crippen molar-refractivity contribution in [2.75, 3.05) is 0 Å². The van der Waals surface area contributed by atoms with Crippen LogP contribution in [0, 0.1) is 5.92 Å². The Bertz CT molecular complexity index is 121. The van der Waals surface area contributed by atoms with E-state index in [0.29, 0.717) is 6.42 Å². The van der Waals surface area contributed by atoms with Gasteiger partial charge in [-0.3, -0.25) is 4.79 Å². The van der Waals surface area contributed by atoms with E-state index in [-0.39, 0.29) is 0 Å². The van der Waals surface area contributed by atoms with Crippen molar-refractivity contribution < 1.29 is 9.90 Å². The molecular formula is C10H20O2. The zero-order valence-electron chi connectivity index (χ0n) is 8.18. The van der Waals surface area contributed by atoms with Crippen LogP contribution in [0.1, 0.15) is 52.4 Å². The average molecular weight is 172 g/mol. The van der Waals surface area contributed by atoms with Gasteiger partial charge in [0.05, 0.1) is 0 Å². The molecule has 0 unspecified atom stereocenters. The van der Waals surface area contributed by atoms with Crippen molar-refractivity contribution in [1.82, 2.24) is 0 Å². The highest BCUT2D eigenvalue weighted by Crippen LogP contribution is 2.14. The van der Waals surface area contributed by atoms with Gasteiger partial charge in [-0.1, -0.05) is 39.5 Å². The second kappa shape index (κ2) is 7.14. The summed E-state index contributed by atoms with van der Waals surface area (Å²) in [4.78, 5) is 10.2. The highest BCUT2D eigenvalue weighted by Gasteiger charge is 2.01. The third kappa shape index (κ3) is 7.58. The molecule has 2 nitrogen and oxygen atoms in total. The molecule has 0 saturated carbocycles. The van der Waals surface area contributed by atoms with Gasteiger partial charge >= 0.3 is 5.97 Å². The molecule has 0 amide bonds. The van der Waals surface area contributed by atoms with Crippen LogP contribution in [0.2, 0.25) is 0 Å². The first-order valence-electron chi connectivity index (χ1n) is 4.88. The summed E-state index contributed by atoms with van der Waals surface area (Å²) < 4.78 is 0. The van der Waals surface area contributed by atoms with Crippen molar-refractivity contribution >= 4 is 5.97 Å². The van der Waals surface area contributed by atoms with Crippen molar-refractivity contribution in [1.29, 1.82) is 0 Å². The zero-order chi connectivity index (χ0) is 9.40. The number of rotatable bonds is 7. The molecule has 1 N–H and O–H groups in total. The van der Waals surface area contributed by atoms with Crippen molar-refractivity contribution in [3.63, 3.8) is 0 Å². The fourth-order valence-corrected chi connectivity index (χ4v) is 1.41. The number of carboxylic acids is 1. The fourth-order valence-electron chi connectivity index (χ4n) is 1.41. The lowest BCUT2D eigenvalue weighted by Crippen LogP contribution is -1.97. The molecule has 0 aliphatic heterocycles. The van der Waals surface area contributed by atoms with Gasteiger partial charge in [0, 0.05) is 6.42 Å². The summed E-state index contributed by atoms with van der Waals surface area (Å²) in [5.74, 6) is 0.0990. The van der Waals surface area contributed by atoms with Gasteiger partial charge < -0.3 is 5.11 Å². The number of carboxylic acid groups (broad SMARTS) is 1. The van der Waals surface area contributed by atoms with E-state index in [1.54, 1.807) is 0 Å². The van der Waals surface area contributed by atoms with Crippen LogP contribution >= 0.6 is 0 Å². The Morgan fingerprint density at radius 3 is 2.50 bits per heavy atom. The summed E-state index contributed by atoms with van der Waals surface area (Å²) >= 11 is 0. The topological polar surface area (TPSA) is 37.3 Å². The second-order valence-electron chi connectivity index (χ2n) is 3.53. The molecule has 0 aromatic rings. The van der Waals surface area contributed by atoms with Crippen LogP contribution in [0.5, 0.6) is 0 Å². The molecule has 72 valence electrons. The Labute approximate surface area is 75.0 Å². The summed E-state index contributed by atoms with van der Waals surface area (Å²) in [5, 5.41) is 8.38. The lowest BCUT2D eigenvalue weighted by atomic mass is 9.99. The van der Waals surface area contributed by atoms with Gasteiger partial charge in [0.15, 0.2) is 0 Å². The Balaban J connectivity index is 3.13. The predicted molar refractivity (Wildman–Crippen MR) is 50.2 cm³/mol. The molecule has 0 aliphatic carbocycles. The van der Waals surface area contributed by atoms with Crippen LogP contribution < -0.4 is 0 Å². The van der Waals surface area contributed by atoms with Crippen LogP contribution in [0.4, 0.5) is 0 Å². The number of hydrogen-bond acceptors (Lipinski definition) is 1. The molecule has 0 fully saturated rings. The summed E-state index contributed by atoms with van der Waals surface area (Å²) in [6, 6.07) is 0. The average Bonchev–Trinajstić information content (AvgIpc) is 1.98. The molecule has 0 radical (unpaired) electrons. The number of unbranched alkanes of at least 4 members (excludes halogenated alkanes) is 1. The molecular weight excluding hydrogens is 152 g/mol. The number of aliphatic carboxylic acids is 1. The van der Waals surface area contributed by atoms with Crippen LogP contribution in [0.3, 0.4) is 0 Å². The van der Waals surface area contributed by atoms with E-state index in [1.165, 1.54) is 19.3 Å². The van der Waals surface area contributed by atoms with Crippen LogP contribution in [0.15, 0.2) is 0 Å². The SMILES string of the molecule is CCC[C@H](C)CCCCC(=O)O. The van der Waals surface area contributed by atoms with Crippen LogP contribution in [-0.4, -0.2) is 11.1 Å². The van der Waals surface area contributed by atoms with E-state index in [1.807, 2.05) is 0 Å². The first kappa shape index (κ1) is 11.5. The van der Waals surface area contributed by atoms with E-state index in [2.05, 4.69) is 13.8 Å². The van der Waals surface area contributed by atoms with E-state index in [9.17, 15) is 4.79 Å². The molecule has 0 aliphatic rings. The molecule has 0 rings (SSSR count). The Morgan fingerprint density at radius 1 is 1.33 bits per heavy atom. The Hall–Kier alpha value is -0.530. The maximum Gasteiger partial charge on any atom is 0.303 e. The van der Waals surface area contributed by atoms with Crippen LogP contribution in [-0.2, 0) is 4.79 Å². The molecule has 2 heteroatoms. The van der Waals surface area contributed by atoms with Crippen LogP contribution in [0.25, 0.3) is 0 Å². The molecule has 12 heavy (non-hydrogen) atoms. The minimum atomic E-state index is -0.668. The minimum absolute atomic E-state index is 0.332. The summed E-state index contributed by atoms with van der Waals surface area (Å²) in [5.41, 5.74) is 0. The smallest absolute Gasteiger partial charge is 0.303 e. The molecule has 0 heterocycles. The fraction of sp³-hybridized carbons (Fsp3) is 0.900. The van der Waals surface area contributed by atoms with Crippen molar-refractivity contribution in [2.24, 2.45) is 5.92 Å². The largest absolute Gasteiger partial charge is 0.481 e. The van der Waals surface area contributed by atoms with Crippen molar-refractivity contribution in [2.45, 2.75) is 52.4 Å². The molecule has 1 atom stereocenters. The second-order valence-corrected chi connectivity index (χ2v) is 3.53. The van der Waals surface area contributed by atoms with Gasteiger partial charge in [0.2, 0.25) is 0 Å². The van der Waals surface area contributed by atoms with Gasteiger partial charge in [-0.05, 0) is 12.3 Å². The summed E-state index contributed by atoms with van der Waals surface area (Å²) in [6.07, 6.45) is 5.92. The Morgan fingerprint density at radius 2 is 2.00 bits per heavy atom. The first-order valence-corrected chi connectivity index (χ1v) is 4.88. The first-order chi connectivity index (χ1) is 5.66. The summed E-state index contributed by atoms with van der Waals surface area (Å²) in [7, 11) is 0. The van der Waals surface area contributed by atoms with E-state index in [0.717, 1.165) is 18.8 Å². The van der Waals surface area contributed by atoms with Gasteiger partial charge in [-0.2, -0.15) is 0 Å². The normalized spacial score (nSPS) is 12.8. The maximum atomic E-state index is 10.2. The number of carbonyl (C=O) groups is 1. The van der Waals surface area contributed by atoms with Crippen molar-refractivity contribution in [3.05, 3.63) is 0 Å². The maximum absolute atomic E-state index is 10.2. The molecule has 0 bridgehead atoms. The van der Waals surface area contributed by atoms with E-state index >= 15 is 0 Å². The van der Waals surface area contributed by atoms with Gasteiger partial charge in [-0.15, -0.1) is 0 Å². The van der Waals surface area contributed by atoms with Gasteiger partial charge in [0.25, 0.3) is 0 Å². The molecule has 0 spiro atoms. The molecule has 0 saturated heterocycles. The Kier molecular flexibility index (Phi) is 6.82.